The molecule has 2 heterocycles. The number of aromatic nitrogens is 1. The number of urea groups is 1. The van der Waals surface area contributed by atoms with E-state index in [0.717, 1.165) is 40.0 Å². The van der Waals surface area contributed by atoms with E-state index >= 15 is 0 Å². The van der Waals surface area contributed by atoms with Crippen molar-refractivity contribution in [3.63, 3.8) is 0 Å². The zero-order chi connectivity index (χ0) is 26.6. The predicted molar refractivity (Wildman–Crippen MR) is 148 cm³/mol. The van der Waals surface area contributed by atoms with Gasteiger partial charge in [-0.1, -0.05) is 48.9 Å². The number of fused-ring (bicyclic) bond motifs is 1. The Hall–Kier alpha value is -4.36. The average molecular weight is 528 g/mol. The number of benzene rings is 3. The number of barbiturate groups is 1. The maximum Gasteiger partial charge on any atom is 0.335 e. The van der Waals surface area contributed by atoms with Crippen molar-refractivity contribution in [1.82, 2.24) is 9.88 Å². The van der Waals surface area contributed by atoms with Gasteiger partial charge in [-0.3, -0.25) is 14.9 Å². The van der Waals surface area contributed by atoms with Gasteiger partial charge >= 0.3 is 6.03 Å². The molecule has 0 radical (unpaired) electrons. The van der Waals surface area contributed by atoms with Gasteiger partial charge in [-0.25, -0.2) is 9.69 Å². The van der Waals surface area contributed by atoms with Crippen LogP contribution < -0.4 is 15.0 Å². The lowest BCUT2D eigenvalue weighted by atomic mass is 10.1. The number of imide groups is 2. The van der Waals surface area contributed by atoms with Crippen molar-refractivity contribution in [2.24, 2.45) is 0 Å². The highest BCUT2D eigenvalue weighted by atomic mass is 35.5. The fraction of sp³-hybridized carbons (Fsp3) is 0.167. The van der Waals surface area contributed by atoms with Crippen molar-refractivity contribution in [3.8, 4) is 5.75 Å². The van der Waals surface area contributed by atoms with E-state index < -0.39 is 17.8 Å². The number of carbonyl (C=O) groups is 3. The third kappa shape index (κ3) is 5.19. The lowest BCUT2D eigenvalue weighted by Gasteiger charge is -2.26. The van der Waals surface area contributed by atoms with Gasteiger partial charge in [0.25, 0.3) is 11.8 Å². The van der Waals surface area contributed by atoms with E-state index in [9.17, 15) is 14.4 Å². The number of para-hydroxylation sites is 1. The summed E-state index contributed by atoms with van der Waals surface area (Å²) in [6.45, 7) is 3.21. The van der Waals surface area contributed by atoms with Gasteiger partial charge in [0.15, 0.2) is 0 Å². The summed E-state index contributed by atoms with van der Waals surface area (Å²) in [6, 6.07) is 21.4. The van der Waals surface area contributed by atoms with Crippen LogP contribution in [0, 0.1) is 0 Å². The Balaban J connectivity index is 1.38. The summed E-state index contributed by atoms with van der Waals surface area (Å²) in [5.41, 5.74) is 3.08. The molecule has 1 N–H and O–H groups in total. The maximum atomic E-state index is 13.4. The standard InChI is InChI=1S/C30H26ClN3O4/c1-2-20-8-12-23(13-9-20)34-29(36)26(28(35)32-30(34)37)18-21-19-33(27-7-4-3-6-25(21)27)16-5-17-38-24-14-10-22(31)11-15-24/h3-4,6-15,18-19H,2,5,16-17H2,1H3,(H,32,35,37)/b26-18+. The molecule has 3 aromatic carbocycles. The summed E-state index contributed by atoms with van der Waals surface area (Å²) < 4.78 is 7.88. The van der Waals surface area contributed by atoms with Crippen molar-refractivity contribution in [1.29, 1.82) is 0 Å². The monoisotopic (exact) mass is 527 g/mol. The first-order valence-electron chi connectivity index (χ1n) is 12.4. The van der Waals surface area contributed by atoms with Gasteiger partial charge in [0.1, 0.15) is 11.3 Å². The van der Waals surface area contributed by atoms with Crippen LogP contribution in [0.25, 0.3) is 17.0 Å². The smallest absolute Gasteiger partial charge is 0.335 e. The van der Waals surface area contributed by atoms with Crippen LogP contribution in [0.4, 0.5) is 10.5 Å². The van der Waals surface area contributed by atoms with Crippen LogP contribution in [0.3, 0.4) is 0 Å². The maximum absolute atomic E-state index is 13.4. The summed E-state index contributed by atoms with van der Waals surface area (Å²) >= 11 is 5.93. The Morgan fingerprint density at radius 3 is 2.42 bits per heavy atom. The number of nitrogens with one attached hydrogen (secondary N) is 1. The average Bonchev–Trinajstić information content (AvgIpc) is 3.27. The van der Waals surface area contributed by atoms with Crippen LogP contribution in [0.1, 0.15) is 24.5 Å². The van der Waals surface area contributed by atoms with E-state index in [4.69, 9.17) is 16.3 Å². The molecule has 0 atom stereocenters. The fourth-order valence-corrected chi connectivity index (χ4v) is 4.59. The molecule has 7 nitrogen and oxygen atoms in total. The SMILES string of the molecule is CCc1ccc(N2C(=O)NC(=O)/C(=C\c3cn(CCCOc4ccc(Cl)cc4)c4ccccc34)C2=O)cc1. The zero-order valence-electron chi connectivity index (χ0n) is 20.8. The first kappa shape index (κ1) is 25.3. The summed E-state index contributed by atoms with van der Waals surface area (Å²) in [7, 11) is 0. The molecule has 192 valence electrons. The molecular weight excluding hydrogens is 502 g/mol. The van der Waals surface area contributed by atoms with E-state index in [-0.39, 0.29) is 5.57 Å². The minimum Gasteiger partial charge on any atom is -0.494 e. The fourth-order valence-electron chi connectivity index (χ4n) is 4.46. The number of ether oxygens (including phenoxy) is 1. The van der Waals surface area contributed by atoms with E-state index in [1.54, 1.807) is 30.3 Å². The van der Waals surface area contributed by atoms with Crippen LogP contribution in [-0.2, 0) is 22.6 Å². The van der Waals surface area contributed by atoms with Crippen LogP contribution in [0.2, 0.25) is 5.02 Å². The van der Waals surface area contributed by atoms with Gasteiger partial charge in [-0.05, 0) is 66.9 Å². The van der Waals surface area contributed by atoms with Crippen molar-refractivity contribution in [2.45, 2.75) is 26.3 Å². The molecule has 1 aliphatic heterocycles. The highest BCUT2D eigenvalue weighted by Gasteiger charge is 2.37. The molecule has 0 unspecified atom stereocenters. The lowest BCUT2D eigenvalue weighted by Crippen LogP contribution is -2.54. The van der Waals surface area contributed by atoms with Crippen molar-refractivity contribution in [3.05, 3.63) is 101 Å². The number of amides is 4. The molecule has 1 aromatic heterocycles. The number of aryl methyl sites for hydroxylation is 2. The van der Waals surface area contributed by atoms with Gasteiger partial charge < -0.3 is 9.30 Å². The van der Waals surface area contributed by atoms with Gasteiger partial charge in [0, 0.05) is 34.2 Å². The number of anilines is 1. The Morgan fingerprint density at radius 1 is 0.947 bits per heavy atom. The Labute approximate surface area is 225 Å². The Kier molecular flexibility index (Phi) is 7.29. The van der Waals surface area contributed by atoms with E-state index in [2.05, 4.69) is 9.88 Å². The molecule has 1 fully saturated rings. The van der Waals surface area contributed by atoms with Crippen LogP contribution >= 0.6 is 11.6 Å². The lowest BCUT2D eigenvalue weighted by molar-refractivity contribution is -0.122. The molecule has 0 aliphatic carbocycles. The molecule has 0 spiro atoms. The quantitative estimate of drug-likeness (QED) is 0.173. The molecule has 8 heteroatoms. The number of hydrogen-bond acceptors (Lipinski definition) is 4. The molecule has 38 heavy (non-hydrogen) atoms. The predicted octanol–water partition coefficient (Wildman–Crippen LogP) is 5.99. The number of hydrogen-bond donors (Lipinski definition) is 1. The summed E-state index contributed by atoms with van der Waals surface area (Å²) in [5, 5.41) is 3.86. The largest absolute Gasteiger partial charge is 0.494 e. The first-order valence-corrected chi connectivity index (χ1v) is 12.8. The molecule has 1 saturated heterocycles. The van der Waals surface area contributed by atoms with Crippen molar-refractivity contribution in [2.75, 3.05) is 11.5 Å². The van der Waals surface area contributed by atoms with Crippen LogP contribution in [0.15, 0.2) is 84.6 Å². The topological polar surface area (TPSA) is 80.6 Å². The van der Waals surface area contributed by atoms with Gasteiger partial charge in [-0.2, -0.15) is 0 Å². The van der Waals surface area contributed by atoms with E-state index in [1.165, 1.54) is 0 Å². The molecule has 0 saturated carbocycles. The number of rotatable bonds is 8. The Morgan fingerprint density at radius 2 is 1.68 bits per heavy atom. The highest BCUT2D eigenvalue weighted by molar-refractivity contribution is 6.39. The van der Waals surface area contributed by atoms with E-state index in [1.807, 2.05) is 61.7 Å². The summed E-state index contributed by atoms with van der Waals surface area (Å²) in [6.07, 6.45) is 5.05. The molecular formula is C30H26ClN3O4. The third-order valence-corrected chi connectivity index (χ3v) is 6.70. The van der Waals surface area contributed by atoms with Gasteiger partial charge in [0.05, 0.1) is 12.3 Å². The second-order valence-corrected chi connectivity index (χ2v) is 9.37. The zero-order valence-corrected chi connectivity index (χ0v) is 21.6. The minimum absolute atomic E-state index is 0.0989. The highest BCUT2D eigenvalue weighted by Crippen LogP contribution is 2.27. The van der Waals surface area contributed by atoms with E-state index in [0.29, 0.717) is 29.4 Å². The molecule has 5 rings (SSSR count). The number of halogens is 1. The molecule has 4 amide bonds. The first-order chi connectivity index (χ1) is 18.4. The van der Waals surface area contributed by atoms with Crippen LogP contribution in [0.5, 0.6) is 5.75 Å². The third-order valence-electron chi connectivity index (χ3n) is 6.45. The molecule has 4 aromatic rings. The number of nitrogens with zero attached hydrogens (tertiary/aromatic N) is 2. The minimum atomic E-state index is -0.760. The molecule has 1 aliphatic rings. The second-order valence-electron chi connectivity index (χ2n) is 8.93. The molecule has 0 bridgehead atoms. The summed E-state index contributed by atoms with van der Waals surface area (Å²) in [4.78, 5) is 39.7. The van der Waals surface area contributed by atoms with Gasteiger partial charge in [-0.15, -0.1) is 0 Å². The van der Waals surface area contributed by atoms with Crippen molar-refractivity contribution < 1.29 is 19.1 Å². The Bertz CT molecular complexity index is 1540. The normalized spacial score (nSPS) is 14.8. The van der Waals surface area contributed by atoms with Gasteiger partial charge in [0.2, 0.25) is 0 Å². The number of carbonyl (C=O) groups excluding carboxylic acids is 3. The summed E-state index contributed by atoms with van der Waals surface area (Å²) in [5.74, 6) is -0.617. The van der Waals surface area contributed by atoms with Crippen molar-refractivity contribution >= 4 is 52.1 Å². The van der Waals surface area contributed by atoms with Crippen LogP contribution in [-0.4, -0.2) is 29.0 Å². The second kappa shape index (κ2) is 10.9.